The molecule has 0 unspecified atom stereocenters. The molecule has 6 rings (SSSR count). The van der Waals surface area contributed by atoms with E-state index >= 15 is 0 Å². The number of alkyl halides is 3. The lowest BCUT2D eigenvalue weighted by Gasteiger charge is -2.32. The Labute approximate surface area is 220 Å². The normalized spacial score (nSPS) is 14.7. The second-order valence-corrected chi connectivity index (χ2v) is 9.45. The number of piperidine rings is 1. The Balaban J connectivity index is 1.29. The number of likely N-dealkylation sites (tertiary alicyclic amines) is 1. The van der Waals surface area contributed by atoms with Crippen molar-refractivity contribution in [3.8, 4) is 16.9 Å². The number of rotatable bonds is 4. The lowest BCUT2D eigenvalue weighted by Crippen LogP contribution is -2.40. The highest BCUT2D eigenvalue weighted by Gasteiger charge is 2.32. The van der Waals surface area contributed by atoms with Crippen molar-refractivity contribution in [2.75, 3.05) is 13.1 Å². The molecule has 0 bridgehead atoms. The van der Waals surface area contributed by atoms with Crippen LogP contribution in [0.2, 0.25) is 0 Å². The van der Waals surface area contributed by atoms with Gasteiger partial charge in [0.1, 0.15) is 0 Å². The van der Waals surface area contributed by atoms with E-state index in [4.69, 9.17) is 0 Å². The van der Waals surface area contributed by atoms with E-state index in [1.54, 1.807) is 40.1 Å². The lowest BCUT2D eigenvalue weighted by atomic mass is 10.0. The highest BCUT2D eigenvalue weighted by atomic mass is 19.4. The third kappa shape index (κ3) is 4.60. The Morgan fingerprint density at radius 3 is 2.44 bits per heavy atom. The monoisotopic (exact) mass is 532 g/mol. The maximum Gasteiger partial charge on any atom is 0.416 e. The van der Waals surface area contributed by atoms with Crippen LogP contribution in [0.15, 0.2) is 83.9 Å². The van der Waals surface area contributed by atoms with E-state index in [9.17, 15) is 22.8 Å². The number of para-hydroxylation sites is 2. The van der Waals surface area contributed by atoms with Crippen LogP contribution >= 0.6 is 0 Å². The fraction of sp³-hybridized carbons (Fsp3) is 0.214. The quantitative estimate of drug-likeness (QED) is 0.350. The summed E-state index contributed by atoms with van der Waals surface area (Å²) in [5.74, 6) is -0.319. The molecule has 39 heavy (non-hydrogen) atoms. The average molecular weight is 533 g/mol. The van der Waals surface area contributed by atoms with Crippen molar-refractivity contribution in [1.82, 2.24) is 29.2 Å². The summed E-state index contributed by atoms with van der Waals surface area (Å²) in [6.45, 7) is 0.826. The number of hydrogen-bond acceptors (Lipinski definition) is 4. The SMILES string of the molecule is O=C(c1cc(-c2ccncc2)n(-c2cccc(C(F)(F)F)c2)n1)N1CCC(n2c(=O)[nH]c3ccccc32)CC1. The molecular formula is C28H23F3N6O2. The number of carbonyl (C=O) groups excluding carboxylic acids is 1. The maximum atomic E-state index is 13.5. The Kier molecular flexibility index (Phi) is 6.05. The van der Waals surface area contributed by atoms with Gasteiger partial charge < -0.3 is 9.88 Å². The molecule has 1 saturated heterocycles. The number of benzene rings is 2. The molecule has 198 valence electrons. The topological polar surface area (TPSA) is 88.8 Å². The average Bonchev–Trinajstić information content (AvgIpc) is 3.54. The Bertz CT molecular complexity index is 1710. The van der Waals surface area contributed by atoms with Crippen LogP contribution in [0.1, 0.15) is 34.9 Å². The molecule has 0 spiro atoms. The van der Waals surface area contributed by atoms with Crippen LogP contribution in [0.4, 0.5) is 13.2 Å². The molecule has 8 nitrogen and oxygen atoms in total. The molecule has 1 fully saturated rings. The van der Waals surface area contributed by atoms with E-state index < -0.39 is 11.7 Å². The molecule has 1 amide bonds. The fourth-order valence-corrected chi connectivity index (χ4v) is 5.15. The van der Waals surface area contributed by atoms with Crippen LogP contribution in [0, 0.1) is 0 Å². The van der Waals surface area contributed by atoms with Crippen LogP contribution in [-0.4, -0.2) is 48.2 Å². The number of nitrogens with one attached hydrogen (secondary N) is 1. The van der Waals surface area contributed by atoms with E-state index in [1.165, 1.54) is 16.8 Å². The standard InChI is InChI=1S/C28H23F3N6O2/c29-28(30,31)19-4-3-5-21(16-19)37-25(18-8-12-32-13-9-18)17-23(34-37)26(38)35-14-10-20(11-15-35)36-24-7-2-1-6-22(24)33-27(36)39/h1-9,12-13,16-17,20H,10-11,14-15H2,(H,33,39). The zero-order chi connectivity index (χ0) is 27.1. The minimum Gasteiger partial charge on any atom is -0.337 e. The fourth-order valence-electron chi connectivity index (χ4n) is 5.15. The van der Waals surface area contributed by atoms with Gasteiger partial charge in [-0.15, -0.1) is 0 Å². The second-order valence-electron chi connectivity index (χ2n) is 9.45. The van der Waals surface area contributed by atoms with Gasteiger partial charge in [-0.05, 0) is 61.4 Å². The number of halogens is 3. The lowest BCUT2D eigenvalue weighted by molar-refractivity contribution is -0.137. The van der Waals surface area contributed by atoms with Gasteiger partial charge in [-0.1, -0.05) is 18.2 Å². The first-order valence-electron chi connectivity index (χ1n) is 12.5. The molecule has 3 aromatic heterocycles. The summed E-state index contributed by atoms with van der Waals surface area (Å²) in [6.07, 6.45) is -0.219. The van der Waals surface area contributed by atoms with Crippen LogP contribution in [0.25, 0.3) is 28.0 Å². The maximum absolute atomic E-state index is 13.5. The Hall–Kier alpha value is -4.67. The van der Waals surface area contributed by atoms with Crippen molar-refractivity contribution in [1.29, 1.82) is 0 Å². The van der Waals surface area contributed by atoms with Crippen LogP contribution in [0.3, 0.4) is 0 Å². The molecule has 11 heteroatoms. The molecule has 0 aliphatic carbocycles. The van der Waals surface area contributed by atoms with Gasteiger partial charge in [0.05, 0.1) is 28.0 Å². The number of amides is 1. The van der Waals surface area contributed by atoms with Crippen molar-refractivity contribution >= 4 is 16.9 Å². The number of fused-ring (bicyclic) bond motifs is 1. The molecule has 5 aromatic rings. The van der Waals surface area contributed by atoms with Crippen molar-refractivity contribution in [2.24, 2.45) is 0 Å². The zero-order valence-corrected chi connectivity index (χ0v) is 20.6. The number of aromatic nitrogens is 5. The predicted octanol–water partition coefficient (Wildman–Crippen LogP) is 5.07. The first-order valence-corrected chi connectivity index (χ1v) is 12.5. The van der Waals surface area contributed by atoms with Gasteiger partial charge in [-0.25, -0.2) is 9.48 Å². The summed E-state index contributed by atoms with van der Waals surface area (Å²) in [6, 6.07) is 17.3. The van der Waals surface area contributed by atoms with Crippen LogP contribution in [-0.2, 0) is 6.18 Å². The third-order valence-corrected chi connectivity index (χ3v) is 7.06. The molecule has 0 radical (unpaired) electrons. The molecule has 0 saturated carbocycles. The summed E-state index contributed by atoms with van der Waals surface area (Å²) in [7, 11) is 0. The van der Waals surface area contributed by atoms with Gasteiger partial charge in [0.15, 0.2) is 5.69 Å². The molecule has 2 aromatic carbocycles. The highest BCUT2D eigenvalue weighted by molar-refractivity contribution is 5.93. The van der Waals surface area contributed by atoms with Gasteiger partial charge in [0, 0.05) is 37.1 Å². The van der Waals surface area contributed by atoms with Gasteiger partial charge in [0.25, 0.3) is 5.91 Å². The minimum absolute atomic E-state index is 0.0623. The molecule has 4 heterocycles. The number of imidazole rings is 1. The number of hydrogen-bond donors (Lipinski definition) is 1. The van der Waals surface area contributed by atoms with Crippen LogP contribution in [0.5, 0.6) is 0 Å². The highest BCUT2D eigenvalue weighted by Crippen LogP contribution is 2.32. The van der Waals surface area contributed by atoms with E-state index in [-0.39, 0.29) is 29.0 Å². The third-order valence-electron chi connectivity index (χ3n) is 7.06. The predicted molar refractivity (Wildman–Crippen MR) is 139 cm³/mol. The number of carbonyl (C=O) groups is 1. The van der Waals surface area contributed by atoms with Gasteiger partial charge in [0.2, 0.25) is 0 Å². The summed E-state index contributed by atoms with van der Waals surface area (Å²) < 4.78 is 43.3. The number of pyridine rings is 1. The first kappa shape index (κ1) is 24.7. The van der Waals surface area contributed by atoms with Crippen molar-refractivity contribution in [3.05, 3.63) is 101 Å². The van der Waals surface area contributed by atoms with Crippen LogP contribution < -0.4 is 5.69 Å². The van der Waals surface area contributed by atoms with Crippen molar-refractivity contribution < 1.29 is 18.0 Å². The molecule has 1 aliphatic heterocycles. The number of aromatic amines is 1. The Morgan fingerprint density at radius 2 is 1.69 bits per heavy atom. The second kappa shape index (κ2) is 9.57. The summed E-state index contributed by atoms with van der Waals surface area (Å²) in [4.78, 5) is 34.7. The molecule has 1 aliphatic rings. The largest absolute Gasteiger partial charge is 0.416 e. The molecule has 1 N–H and O–H groups in total. The number of nitrogens with zero attached hydrogens (tertiary/aromatic N) is 5. The van der Waals surface area contributed by atoms with E-state index in [2.05, 4.69) is 15.1 Å². The Morgan fingerprint density at radius 1 is 0.949 bits per heavy atom. The van der Waals surface area contributed by atoms with E-state index in [1.807, 2.05) is 24.3 Å². The summed E-state index contributed by atoms with van der Waals surface area (Å²) >= 11 is 0. The zero-order valence-electron chi connectivity index (χ0n) is 20.6. The molecular weight excluding hydrogens is 509 g/mol. The van der Waals surface area contributed by atoms with Gasteiger partial charge in [-0.2, -0.15) is 18.3 Å². The van der Waals surface area contributed by atoms with E-state index in [0.717, 1.165) is 23.2 Å². The number of H-pyrrole nitrogens is 1. The minimum atomic E-state index is -4.52. The van der Waals surface area contributed by atoms with E-state index in [0.29, 0.717) is 37.2 Å². The summed E-state index contributed by atoms with van der Waals surface area (Å²) in [5.41, 5.74) is 2.06. The van der Waals surface area contributed by atoms with Crippen molar-refractivity contribution in [2.45, 2.75) is 25.1 Å². The summed E-state index contributed by atoms with van der Waals surface area (Å²) in [5, 5.41) is 4.46. The van der Waals surface area contributed by atoms with Gasteiger partial charge >= 0.3 is 11.9 Å². The van der Waals surface area contributed by atoms with Gasteiger partial charge in [-0.3, -0.25) is 14.3 Å². The first-order chi connectivity index (χ1) is 18.8. The smallest absolute Gasteiger partial charge is 0.337 e. The van der Waals surface area contributed by atoms with Crippen molar-refractivity contribution in [3.63, 3.8) is 0 Å². The molecule has 0 atom stereocenters.